The molecule has 1 aromatic carbocycles. The van der Waals surface area contributed by atoms with Crippen molar-refractivity contribution in [1.82, 2.24) is 15.5 Å². The highest BCUT2D eigenvalue weighted by Gasteiger charge is 2.30. The first-order valence-electron chi connectivity index (χ1n) is 6.66. The molecule has 1 atom stereocenters. The van der Waals surface area contributed by atoms with Crippen LogP contribution in [-0.2, 0) is 17.4 Å². The average molecular weight is 329 g/mol. The molecule has 1 heterocycles. The third kappa shape index (κ3) is 4.44. The number of ether oxygens (including phenoxy) is 1. The molecule has 0 aliphatic heterocycles. The molecule has 23 heavy (non-hydrogen) atoms. The van der Waals surface area contributed by atoms with Gasteiger partial charge in [0.2, 0.25) is 5.91 Å². The van der Waals surface area contributed by atoms with Crippen LogP contribution in [0.3, 0.4) is 0 Å². The molecule has 0 saturated carbocycles. The zero-order chi connectivity index (χ0) is 17.0. The SMILES string of the molecule is CNC(=O)Cc1noc([C@@H](C)Oc2ccc(C(F)(F)F)cc2)n1. The Labute approximate surface area is 129 Å². The van der Waals surface area contributed by atoms with Crippen molar-refractivity contribution in [2.24, 2.45) is 0 Å². The fourth-order valence-corrected chi connectivity index (χ4v) is 1.71. The van der Waals surface area contributed by atoms with Crippen molar-refractivity contribution in [3.63, 3.8) is 0 Å². The summed E-state index contributed by atoms with van der Waals surface area (Å²) in [5.41, 5.74) is -0.761. The van der Waals surface area contributed by atoms with Crippen molar-refractivity contribution in [3.05, 3.63) is 41.5 Å². The van der Waals surface area contributed by atoms with Crippen LogP contribution in [0.4, 0.5) is 13.2 Å². The van der Waals surface area contributed by atoms with Gasteiger partial charge in [-0.1, -0.05) is 5.16 Å². The smallest absolute Gasteiger partial charge is 0.416 e. The minimum atomic E-state index is -4.40. The number of halogens is 3. The van der Waals surface area contributed by atoms with Gasteiger partial charge in [0.25, 0.3) is 5.89 Å². The highest BCUT2D eigenvalue weighted by atomic mass is 19.4. The Morgan fingerprint density at radius 1 is 1.35 bits per heavy atom. The van der Waals surface area contributed by atoms with E-state index in [1.54, 1.807) is 6.92 Å². The van der Waals surface area contributed by atoms with Crippen molar-refractivity contribution >= 4 is 5.91 Å². The van der Waals surface area contributed by atoms with Gasteiger partial charge in [-0.25, -0.2) is 0 Å². The topological polar surface area (TPSA) is 77.2 Å². The van der Waals surface area contributed by atoms with Crippen LogP contribution in [0.25, 0.3) is 0 Å². The Bertz CT molecular complexity index is 668. The van der Waals surface area contributed by atoms with Crippen LogP contribution < -0.4 is 10.1 Å². The first kappa shape index (κ1) is 16.8. The lowest BCUT2D eigenvalue weighted by Crippen LogP contribution is -2.20. The fraction of sp³-hybridized carbons (Fsp3) is 0.357. The summed E-state index contributed by atoms with van der Waals surface area (Å²) in [6, 6.07) is 4.27. The molecule has 2 aromatic rings. The summed E-state index contributed by atoms with van der Waals surface area (Å²) in [5.74, 6) is 0.288. The Balaban J connectivity index is 2.01. The van der Waals surface area contributed by atoms with Gasteiger partial charge >= 0.3 is 6.18 Å². The van der Waals surface area contributed by atoms with E-state index in [2.05, 4.69) is 15.5 Å². The lowest BCUT2D eigenvalue weighted by Gasteiger charge is -2.12. The molecule has 1 amide bonds. The molecule has 0 aliphatic carbocycles. The lowest BCUT2D eigenvalue weighted by atomic mass is 10.2. The lowest BCUT2D eigenvalue weighted by molar-refractivity contribution is -0.137. The van der Waals surface area contributed by atoms with Gasteiger partial charge in [-0.05, 0) is 31.2 Å². The quantitative estimate of drug-likeness (QED) is 0.912. The molecular weight excluding hydrogens is 315 g/mol. The van der Waals surface area contributed by atoms with E-state index in [0.717, 1.165) is 12.1 Å². The summed E-state index contributed by atoms with van der Waals surface area (Å²) in [5, 5.41) is 6.06. The molecule has 0 saturated heterocycles. The number of nitrogens with one attached hydrogen (secondary N) is 1. The van der Waals surface area contributed by atoms with Crippen molar-refractivity contribution in [2.45, 2.75) is 25.6 Å². The summed E-state index contributed by atoms with van der Waals surface area (Å²) in [4.78, 5) is 15.2. The van der Waals surface area contributed by atoms with Gasteiger partial charge in [0.15, 0.2) is 11.9 Å². The Morgan fingerprint density at radius 3 is 2.57 bits per heavy atom. The van der Waals surface area contributed by atoms with Gasteiger partial charge in [0.05, 0.1) is 12.0 Å². The van der Waals surface area contributed by atoms with Gasteiger partial charge in [0.1, 0.15) is 5.75 Å². The molecule has 0 radical (unpaired) electrons. The maximum atomic E-state index is 12.5. The number of aromatic nitrogens is 2. The van der Waals surface area contributed by atoms with Gasteiger partial charge in [0, 0.05) is 7.05 Å². The van der Waals surface area contributed by atoms with E-state index in [0.29, 0.717) is 0 Å². The summed E-state index contributed by atoms with van der Waals surface area (Å²) < 4.78 is 47.9. The second-order valence-electron chi connectivity index (χ2n) is 4.68. The molecule has 0 fully saturated rings. The molecule has 9 heteroatoms. The van der Waals surface area contributed by atoms with Crippen LogP contribution in [0, 0.1) is 0 Å². The highest BCUT2D eigenvalue weighted by molar-refractivity contribution is 5.77. The number of alkyl halides is 3. The number of nitrogens with zero attached hydrogens (tertiary/aromatic N) is 2. The number of carbonyl (C=O) groups is 1. The van der Waals surface area contributed by atoms with Gasteiger partial charge in [-0.15, -0.1) is 0 Å². The van der Waals surface area contributed by atoms with E-state index in [4.69, 9.17) is 9.26 Å². The highest BCUT2D eigenvalue weighted by Crippen LogP contribution is 2.31. The first-order chi connectivity index (χ1) is 10.8. The molecular formula is C14H14F3N3O3. The minimum Gasteiger partial charge on any atom is -0.481 e. The van der Waals surface area contributed by atoms with E-state index >= 15 is 0 Å². The second kappa shape index (κ2) is 6.67. The molecule has 2 rings (SSSR count). The van der Waals surface area contributed by atoms with Crippen LogP contribution in [0.1, 0.15) is 30.3 Å². The number of rotatable bonds is 5. The zero-order valence-corrected chi connectivity index (χ0v) is 12.3. The number of hydrogen-bond acceptors (Lipinski definition) is 5. The van der Waals surface area contributed by atoms with E-state index < -0.39 is 17.8 Å². The van der Waals surface area contributed by atoms with Crippen LogP contribution in [0.5, 0.6) is 5.75 Å². The van der Waals surface area contributed by atoms with E-state index in [-0.39, 0.29) is 29.8 Å². The van der Waals surface area contributed by atoms with Crippen LogP contribution in [0.15, 0.2) is 28.8 Å². The maximum Gasteiger partial charge on any atom is 0.416 e. The molecule has 0 spiro atoms. The molecule has 1 N–H and O–H groups in total. The zero-order valence-electron chi connectivity index (χ0n) is 12.3. The largest absolute Gasteiger partial charge is 0.481 e. The number of benzene rings is 1. The number of hydrogen-bond donors (Lipinski definition) is 1. The summed E-state index contributed by atoms with van der Waals surface area (Å²) >= 11 is 0. The van der Waals surface area contributed by atoms with Crippen LogP contribution >= 0.6 is 0 Å². The normalized spacial score (nSPS) is 12.7. The molecule has 124 valence electrons. The van der Waals surface area contributed by atoms with Crippen LogP contribution in [0.2, 0.25) is 0 Å². The maximum absolute atomic E-state index is 12.5. The summed E-state index contributed by atoms with van der Waals surface area (Å²) in [7, 11) is 1.49. The fourth-order valence-electron chi connectivity index (χ4n) is 1.71. The van der Waals surface area contributed by atoms with Crippen molar-refractivity contribution in [1.29, 1.82) is 0 Å². The van der Waals surface area contributed by atoms with Gasteiger partial charge < -0.3 is 14.6 Å². The molecule has 6 nitrogen and oxygen atoms in total. The summed E-state index contributed by atoms with van der Waals surface area (Å²) in [6.07, 6.45) is -5.10. The van der Waals surface area contributed by atoms with Gasteiger partial charge in [-0.2, -0.15) is 18.2 Å². The number of carbonyl (C=O) groups excluding carboxylic acids is 1. The minimum absolute atomic E-state index is 0.0347. The molecule has 1 aromatic heterocycles. The third-order valence-corrected chi connectivity index (χ3v) is 2.92. The standard InChI is InChI=1S/C14H14F3N3O3/c1-8(13-19-11(20-23-13)7-12(21)18-2)22-10-5-3-9(4-6-10)14(15,16)17/h3-6,8H,7H2,1-2H3,(H,18,21)/t8-/m1/s1. The number of likely N-dealkylation sites (N-methyl/N-ethyl adjacent to an activating group) is 1. The van der Waals surface area contributed by atoms with Crippen molar-refractivity contribution < 1.29 is 27.2 Å². The van der Waals surface area contributed by atoms with Crippen LogP contribution in [-0.4, -0.2) is 23.1 Å². The Kier molecular flexibility index (Phi) is 4.87. The van der Waals surface area contributed by atoms with Gasteiger partial charge in [-0.3, -0.25) is 4.79 Å². The second-order valence-corrected chi connectivity index (χ2v) is 4.68. The molecule has 0 unspecified atom stereocenters. The van der Waals surface area contributed by atoms with E-state index in [1.165, 1.54) is 19.2 Å². The predicted octanol–water partition coefficient (Wildman–Crippen LogP) is 2.52. The molecule has 0 aliphatic rings. The third-order valence-electron chi connectivity index (χ3n) is 2.92. The first-order valence-corrected chi connectivity index (χ1v) is 6.66. The van der Waals surface area contributed by atoms with Crippen molar-refractivity contribution in [3.8, 4) is 5.75 Å². The average Bonchev–Trinajstić information content (AvgIpc) is 2.95. The number of amides is 1. The molecule has 0 bridgehead atoms. The predicted molar refractivity (Wildman–Crippen MR) is 72.6 cm³/mol. The summed E-state index contributed by atoms with van der Waals surface area (Å²) in [6.45, 7) is 1.61. The Morgan fingerprint density at radius 2 is 2.00 bits per heavy atom. The van der Waals surface area contributed by atoms with E-state index in [9.17, 15) is 18.0 Å². The van der Waals surface area contributed by atoms with Crippen molar-refractivity contribution in [2.75, 3.05) is 7.05 Å². The monoisotopic (exact) mass is 329 g/mol. The Hall–Kier alpha value is -2.58. The van der Waals surface area contributed by atoms with E-state index in [1.807, 2.05) is 0 Å².